The number of anilines is 1. The van der Waals surface area contributed by atoms with Gasteiger partial charge in [0.1, 0.15) is 11.2 Å². The minimum absolute atomic E-state index is 0.0182. The first kappa shape index (κ1) is 26.8. The summed E-state index contributed by atoms with van der Waals surface area (Å²) in [6.45, 7) is 10.7. The number of amides is 1. The molecule has 0 spiro atoms. The monoisotopic (exact) mass is 488 g/mol. The van der Waals surface area contributed by atoms with Gasteiger partial charge in [0.25, 0.3) is 5.92 Å². The third-order valence-corrected chi connectivity index (χ3v) is 5.31. The Morgan fingerprint density at radius 3 is 2.52 bits per heavy atom. The van der Waals surface area contributed by atoms with E-state index in [-0.39, 0.29) is 36.1 Å². The number of carbonyl (C=O) groups excluding carboxylic acids is 2. The van der Waals surface area contributed by atoms with E-state index in [4.69, 9.17) is 21.1 Å². The fraction of sp³-hybridized carbons (Fsp3) is 0.636. The Kier molecular flexibility index (Phi) is 8.62. The molecule has 8 nitrogen and oxygen atoms in total. The molecule has 11 heteroatoms. The van der Waals surface area contributed by atoms with Crippen LogP contribution in [0.2, 0.25) is 5.15 Å². The minimum Gasteiger partial charge on any atom is -0.462 e. The zero-order valence-electron chi connectivity index (χ0n) is 19.6. The van der Waals surface area contributed by atoms with Crippen LogP contribution in [0, 0.1) is 0 Å². The molecule has 1 aromatic heterocycles. The molecule has 2 atom stereocenters. The van der Waals surface area contributed by atoms with E-state index < -0.39 is 48.5 Å². The summed E-state index contributed by atoms with van der Waals surface area (Å²) in [7, 11) is 1.45. The Balaban J connectivity index is 2.41. The molecule has 33 heavy (non-hydrogen) atoms. The van der Waals surface area contributed by atoms with Crippen LogP contribution in [0.3, 0.4) is 0 Å². The van der Waals surface area contributed by atoms with Gasteiger partial charge in [0.2, 0.25) is 0 Å². The van der Waals surface area contributed by atoms with Crippen molar-refractivity contribution in [2.45, 2.75) is 70.6 Å². The van der Waals surface area contributed by atoms with Crippen LogP contribution < -0.4 is 4.90 Å². The fourth-order valence-electron chi connectivity index (χ4n) is 3.75. The van der Waals surface area contributed by atoms with E-state index in [0.29, 0.717) is 0 Å². The van der Waals surface area contributed by atoms with Gasteiger partial charge in [0.05, 0.1) is 6.61 Å². The zero-order chi connectivity index (χ0) is 25.0. The molecule has 1 aromatic rings. The van der Waals surface area contributed by atoms with E-state index in [1.54, 1.807) is 27.7 Å². The molecule has 1 heterocycles. The quantitative estimate of drug-likeness (QED) is 0.405. The molecule has 0 unspecified atom stereocenters. The van der Waals surface area contributed by atoms with Gasteiger partial charge >= 0.3 is 12.1 Å². The number of ether oxygens (including phenoxy) is 2. The molecule has 0 N–H and O–H groups in total. The lowest BCUT2D eigenvalue weighted by molar-refractivity contribution is -0.0685. The summed E-state index contributed by atoms with van der Waals surface area (Å²) in [5, 5.41) is 7.79. The first-order valence-electron chi connectivity index (χ1n) is 10.7. The Hall–Kier alpha value is -2.49. The maximum absolute atomic E-state index is 14.8. The van der Waals surface area contributed by atoms with E-state index in [0.717, 1.165) is 0 Å². The van der Waals surface area contributed by atoms with Crippen LogP contribution in [0.1, 0.15) is 57.3 Å². The highest BCUT2D eigenvalue weighted by Crippen LogP contribution is 2.39. The van der Waals surface area contributed by atoms with Crippen LogP contribution in [0.15, 0.2) is 18.7 Å². The number of rotatable bonds is 7. The molecule has 1 aliphatic carbocycles. The number of nitrogens with zero attached hydrogens (tertiary/aromatic N) is 4. The second-order valence-corrected chi connectivity index (χ2v) is 9.35. The molecular weight excluding hydrogens is 458 g/mol. The summed E-state index contributed by atoms with van der Waals surface area (Å²) >= 11 is 5.93. The van der Waals surface area contributed by atoms with Gasteiger partial charge in [-0.25, -0.2) is 18.4 Å². The average molecular weight is 489 g/mol. The van der Waals surface area contributed by atoms with Gasteiger partial charge < -0.3 is 19.3 Å². The number of halogens is 3. The van der Waals surface area contributed by atoms with Crippen molar-refractivity contribution < 1.29 is 27.8 Å². The smallest absolute Gasteiger partial charge is 0.410 e. The predicted molar refractivity (Wildman–Crippen MR) is 121 cm³/mol. The van der Waals surface area contributed by atoms with Crippen LogP contribution in [0.5, 0.6) is 0 Å². The third kappa shape index (κ3) is 7.25. The molecule has 0 aromatic carbocycles. The van der Waals surface area contributed by atoms with Crippen LogP contribution >= 0.6 is 11.6 Å². The second-order valence-electron chi connectivity index (χ2n) is 8.96. The second kappa shape index (κ2) is 10.6. The normalized spacial score (nSPS) is 20.0. The molecular formula is C22H31ClF2N4O4. The number of aromatic nitrogens is 2. The highest BCUT2D eigenvalue weighted by molar-refractivity contribution is 6.29. The lowest BCUT2D eigenvalue weighted by atomic mass is 9.86. The third-order valence-electron chi connectivity index (χ3n) is 5.12. The van der Waals surface area contributed by atoms with E-state index in [2.05, 4.69) is 16.8 Å². The standard InChI is InChI=1S/C22H31ClF2N4O4/c1-7-9-29(18-16(19(30)32-8-2)11-17(23)26-27-18)15-10-14(12-22(24,25)13-15)28(6)20(31)33-21(3,4)5/h7,11,14-15H,1,8-10,12-13H2,2-6H3/t14-,15+/m0/s1. The van der Waals surface area contributed by atoms with Crippen LogP contribution in [-0.4, -0.2) is 71.0 Å². The SMILES string of the molecule is C=CCN(c1nnc(Cl)cc1C(=O)OCC)[C@@H]1C[C@H](N(C)C(=O)OC(C)(C)C)CC(F)(F)C1. The van der Waals surface area contributed by atoms with E-state index in [1.165, 1.54) is 29.0 Å². The molecule has 0 saturated heterocycles. The maximum atomic E-state index is 14.8. The summed E-state index contributed by atoms with van der Waals surface area (Å²) in [6.07, 6.45) is 0.0401. The molecule has 0 bridgehead atoms. The molecule has 1 saturated carbocycles. The highest BCUT2D eigenvalue weighted by atomic mass is 35.5. The van der Waals surface area contributed by atoms with Gasteiger partial charge in [-0.1, -0.05) is 17.7 Å². The minimum atomic E-state index is -3.06. The fourth-order valence-corrected chi connectivity index (χ4v) is 3.90. The number of esters is 1. The molecule has 1 amide bonds. The van der Waals surface area contributed by atoms with E-state index in [1.807, 2.05) is 0 Å². The number of hydrogen-bond donors (Lipinski definition) is 0. The van der Waals surface area contributed by atoms with Crippen molar-refractivity contribution >= 4 is 29.5 Å². The first-order valence-corrected chi connectivity index (χ1v) is 11.1. The van der Waals surface area contributed by atoms with Crippen molar-refractivity contribution in [3.63, 3.8) is 0 Å². The van der Waals surface area contributed by atoms with Crippen molar-refractivity contribution in [3.05, 3.63) is 29.4 Å². The van der Waals surface area contributed by atoms with E-state index in [9.17, 15) is 18.4 Å². The molecule has 1 aliphatic rings. The Bertz CT molecular complexity index is 878. The Labute approximate surface area is 197 Å². The van der Waals surface area contributed by atoms with Crippen molar-refractivity contribution in [2.75, 3.05) is 25.1 Å². The van der Waals surface area contributed by atoms with Crippen molar-refractivity contribution in [1.82, 2.24) is 15.1 Å². The van der Waals surface area contributed by atoms with Gasteiger partial charge in [0, 0.05) is 38.5 Å². The molecule has 2 rings (SSSR count). The van der Waals surface area contributed by atoms with Crippen molar-refractivity contribution in [1.29, 1.82) is 0 Å². The molecule has 0 radical (unpaired) electrons. The zero-order valence-corrected chi connectivity index (χ0v) is 20.4. The summed E-state index contributed by atoms with van der Waals surface area (Å²) in [5.41, 5.74) is -0.741. The summed E-state index contributed by atoms with van der Waals surface area (Å²) in [4.78, 5) is 27.8. The maximum Gasteiger partial charge on any atom is 0.410 e. The number of alkyl halides is 2. The van der Waals surface area contributed by atoms with Gasteiger partial charge in [-0.05, 0) is 40.2 Å². The number of carbonyl (C=O) groups is 2. The van der Waals surface area contributed by atoms with Crippen LogP contribution in [0.25, 0.3) is 0 Å². The Morgan fingerprint density at radius 1 is 1.30 bits per heavy atom. The van der Waals surface area contributed by atoms with Gasteiger partial charge in [-0.2, -0.15) is 0 Å². The summed E-state index contributed by atoms with van der Waals surface area (Å²) in [5.74, 6) is -3.68. The summed E-state index contributed by atoms with van der Waals surface area (Å²) in [6, 6.07) is -0.277. The molecule has 0 aliphatic heterocycles. The average Bonchev–Trinajstić information content (AvgIpc) is 2.69. The van der Waals surface area contributed by atoms with Crippen molar-refractivity contribution in [2.24, 2.45) is 0 Å². The van der Waals surface area contributed by atoms with Gasteiger partial charge in [-0.3, -0.25) is 0 Å². The lowest BCUT2D eigenvalue weighted by Crippen LogP contribution is -2.53. The Morgan fingerprint density at radius 2 is 1.94 bits per heavy atom. The molecule has 184 valence electrons. The lowest BCUT2D eigenvalue weighted by Gasteiger charge is -2.43. The molecule has 1 fully saturated rings. The summed E-state index contributed by atoms with van der Waals surface area (Å²) < 4.78 is 40.1. The van der Waals surface area contributed by atoms with Gasteiger partial charge in [0.15, 0.2) is 11.0 Å². The number of hydrogen-bond acceptors (Lipinski definition) is 7. The highest BCUT2D eigenvalue weighted by Gasteiger charge is 2.46. The first-order chi connectivity index (χ1) is 15.3. The van der Waals surface area contributed by atoms with Crippen LogP contribution in [0.4, 0.5) is 19.4 Å². The van der Waals surface area contributed by atoms with Gasteiger partial charge in [-0.15, -0.1) is 16.8 Å². The van der Waals surface area contributed by atoms with E-state index >= 15 is 0 Å². The van der Waals surface area contributed by atoms with Crippen molar-refractivity contribution in [3.8, 4) is 0 Å². The largest absolute Gasteiger partial charge is 0.462 e. The topological polar surface area (TPSA) is 84.9 Å². The predicted octanol–water partition coefficient (Wildman–Crippen LogP) is 4.72. The van der Waals surface area contributed by atoms with Crippen LogP contribution in [-0.2, 0) is 9.47 Å².